The molecule has 0 atom stereocenters. The second kappa shape index (κ2) is 7.49. The molecule has 2 N–H and O–H groups in total. The predicted octanol–water partition coefficient (Wildman–Crippen LogP) is 2.00. The second-order valence-electron chi connectivity index (χ2n) is 5.85. The molecule has 0 spiro atoms. The van der Waals surface area contributed by atoms with E-state index in [0.29, 0.717) is 34.9 Å². The van der Waals surface area contributed by atoms with E-state index < -0.39 is 0 Å². The van der Waals surface area contributed by atoms with E-state index in [1.54, 1.807) is 35.6 Å². The molecule has 0 bridgehead atoms. The molecule has 2 amide bonds. The van der Waals surface area contributed by atoms with Crippen LogP contribution in [0.1, 0.15) is 28.7 Å². The van der Waals surface area contributed by atoms with Crippen LogP contribution in [0.4, 0.5) is 5.69 Å². The van der Waals surface area contributed by atoms with Crippen molar-refractivity contribution in [1.29, 1.82) is 0 Å². The normalized spacial score (nSPS) is 10.7. The van der Waals surface area contributed by atoms with Crippen molar-refractivity contribution in [2.75, 3.05) is 11.9 Å². The van der Waals surface area contributed by atoms with Gasteiger partial charge < -0.3 is 10.6 Å². The first-order valence-corrected chi connectivity index (χ1v) is 8.94. The monoisotopic (exact) mass is 370 g/mol. The molecule has 1 aromatic carbocycles. The zero-order valence-corrected chi connectivity index (χ0v) is 15.2. The fraction of sp³-hybridized carbons (Fsp3) is 0.222. The molecule has 0 radical (unpaired) electrons. The maximum Gasteiger partial charge on any atom is 0.258 e. The first kappa shape index (κ1) is 17.8. The first-order valence-electron chi connectivity index (χ1n) is 8.06. The van der Waals surface area contributed by atoms with Crippen molar-refractivity contribution >= 4 is 33.8 Å². The number of hydrogen-bond acceptors (Lipinski definition) is 5. The van der Waals surface area contributed by atoms with Gasteiger partial charge in [-0.1, -0.05) is 0 Å². The summed E-state index contributed by atoms with van der Waals surface area (Å²) in [4.78, 5) is 40.3. The molecule has 0 aliphatic heterocycles. The van der Waals surface area contributed by atoms with E-state index in [9.17, 15) is 14.4 Å². The Morgan fingerprint density at radius 2 is 1.96 bits per heavy atom. The first-order chi connectivity index (χ1) is 12.4. The van der Waals surface area contributed by atoms with E-state index in [0.717, 1.165) is 5.69 Å². The number of amides is 2. The smallest absolute Gasteiger partial charge is 0.258 e. The molecule has 0 aliphatic rings. The molecule has 2 heterocycles. The van der Waals surface area contributed by atoms with Gasteiger partial charge in [0.2, 0.25) is 5.91 Å². The lowest BCUT2D eigenvalue weighted by molar-refractivity contribution is -0.114. The molecule has 8 heteroatoms. The van der Waals surface area contributed by atoms with E-state index in [1.165, 1.54) is 24.3 Å². The lowest BCUT2D eigenvalue weighted by Gasteiger charge is -2.07. The van der Waals surface area contributed by atoms with Crippen molar-refractivity contribution in [2.45, 2.75) is 20.3 Å². The molecule has 7 nitrogen and oxygen atoms in total. The summed E-state index contributed by atoms with van der Waals surface area (Å²) in [5.41, 5.74) is 2.55. The van der Waals surface area contributed by atoms with Crippen molar-refractivity contribution in [1.82, 2.24) is 14.7 Å². The third kappa shape index (κ3) is 3.97. The van der Waals surface area contributed by atoms with Gasteiger partial charge in [0.25, 0.3) is 11.5 Å². The van der Waals surface area contributed by atoms with Gasteiger partial charge in [-0.3, -0.25) is 18.8 Å². The van der Waals surface area contributed by atoms with Crippen LogP contribution >= 0.6 is 11.3 Å². The molecule has 0 saturated heterocycles. The minimum atomic E-state index is -0.208. The molecule has 0 saturated carbocycles. The number of benzene rings is 1. The van der Waals surface area contributed by atoms with Gasteiger partial charge in [0.1, 0.15) is 0 Å². The maximum absolute atomic E-state index is 12.2. The Kier molecular flexibility index (Phi) is 5.13. The van der Waals surface area contributed by atoms with E-state index in [1.807, 2.05) is 5.38 Å². The zero-order valence-electron chi connectivity index (χ0n) is 14.4. The molecule has 26 heavy (non-hydrogen) atoms. The van der Waals surface area contributed by atoms with Gasteiger partial charge in [-0.05, 0) is 31.2 Å². The van der Waals surface area contributed by atoms with E-state index in [4.69, 9.17) is 0 Å². The van der Waals surface area contributed by atoms with Gasteiger partial charge in [-0.25, -0.2) is 4.98 Å². The Balaban J connectivity index is 1.62. The Morgan fingerprint density at radius 1 is 1.23 bits per heavy atom. The third-order valence-electron chi connectivity index (χ3n) is 3.74. The highest BCUT2D eigenvalue weighted by Gasteiger charge is 2.09. The van der Waals surface area contributed by atoms with Crippen LogP contribution in [0.25, 0.3) is 4.96 Å². The number of aromatic nitrogens is 2. The molecule has 2 aromatic heterocycles. The summed E-state index contributed by atoms with van der Waals surface area (Å²) >= 11 is 1.41. The Labute approximate surface area is 153 Å². The highest BCUT2D eigenvalue weighted by Crippen LogP contribution is 2.13. The molecule has 0 unspecified atom stereocenters. The molecule has 0 fully saturated rings. The third-order valence-corrected chi connectivity index (χ3v) is 4.61. The highest BCUT2D eigenvalue weighted by molar-refractivity contribution is 7.15. The lowest BCUT2D eigenvalue weighted by atomic mass is 10.2. The number of nitrogens with one attached hydrogen (secondary N) is 2. The molecule has 3 aromatic rings. The average molecular weight is 370 g/mol. The predicted molar refractivity (Wildman–Crippen MR) is 101 cm³/mol. The highest BCUT2D eigenvalue weighted by atomic mass is 32.1. The molecule has 3 rings (SSSR count). The Bertz CT molecular complexity index is 1020. The quantitative estimate of drug-likeness (QED) is 0.718. The number of carbonyl (C=O) groups is 2. The lowest BCUT2D eigenvalue weighted by Crippen LogP contribution is -2.26. The number of rotatable bonds is 5. The van der Waals surface area contributed by atoms with Crippen LogP contribution in [-0.2, 0) is 11.2 Å². The number of carbonyl (C=O) groups excluding carboxylic acids is 2. The van der Waals surface area contributed by atoms with Gasteiger partial charge in [-0.2, -0.15) is 0 Å². The Morgan fingerprint density at radius 3 is 2.65 bits per heavy atom. The van der Waals surface area contributed by atoms with Crippen molar-refractivity contribution in [3.63, 3.8) is 0 Å². The van der Waals surface area contributed by atoms with Gasteiger partial charge in [0.15, 0.2) is 4.96 Å². The van der Waals surface area contributed by atoms with Gasteiger partial charge >= 0.3 is 0 Å². The molecular weight excluding hydrogens is 352 g/mol. The van der Waals surface area contributed by atoms with Gasteiger partial charge in [-0.15, -0.1) is 11.3 Å². The molecule has 0 aliphatic carbocycles. The van der Waals surface area contributed by atoms with Crippen LogP contribution in [0.15, 0.2) is 40.5 Å². The standard InChI is InChI=1S/C18H18N4O3S/c1-11-9-16(24)22-15(10-26-18(22)20-11)7-8-19-17(25)13-3-5-14(6-4-13)21-12(2)23/h3-6,9-10H,7-8H2,1-2H3,(H,19,25)(H,21,23). The molecular formula is C18H18N4O3S. The Hall–Kier alpha value is -3.00. The molecule has 134 valence electrons. The largest absolute Gasteiger partial charge is 0.352 e. The van der Waals surface area contributed by atoms with Crippen LogP contribution in [0.5, 0.6) is 0 Å². The summed E-state index contributed by atoms with van der Waals surface area (Å²) in [6.45, 7) is 3.62. The van der Waals surface area contributed by atoms with E-state index in [-0.39, 0.29) is 17.4 Å². The average Bonchev–Trinajstić information content (AvgIpc) is 2.98. The minimum absolute atomic E-state index is 0.108. The maximum atomic E-state index is 12.2. The van der Waals surface area contributed by atoms with E-state index in [2.05, 4.69) is 15.6 Å². The fourth-order valence-electron chi connectivity index (χ4n) is 2.57. The summed E-state index contributed by atoms with van der Waals surface area (Å²) < 4.78 is 1.58. The van der Waals surface area contributed by atoms with Crippen molar-refractivity contribution in [2.24, 2.45) is 0 Å². The fourth-order valence-corrected chi connectivity index (χ4v) is 3.55. The van der Waals surface area contributed by atoms with Crippen LogP contribution in [-0.4, -0.2) is 27.7 Å². The SMILES string of the molecule is CC(=O)Nc1ccc(C(=O)NCCc2csc3nc(C)cc(=O)n23)cc1. The topological polar surface area (TPSA) is 92.6 Å². The second-order valence-corrected chi connectivity index (χ2v) is 6.68. The number of aryl methyl sites for hydroxylation is 1. The summed E-state index contributed by atoms with van der Waals surface area (Å²) in [5.74, 6) is -0.370. The van der Waals surface area contributed by atoms with Crippen molar-refractivity contribution in [3.8, 4) is 0 Å². The van der Waals surface area contributed by atoms with Crippen molar-refractivity contribution in [3.05, 3.63) is 63.0 Å². The minimum Gasteiger partial charge on any atom is -0.352 e. The number of thiazole rings is 1. The van der Waals surface area contributed by atoms with Crippen LogP contribution < -0.4 is 16.2 Å². The number of hydrogen-bond donors (Lipinski definition) is 2. The summed E-state index contributed by atoms with van der Waals surface area (Å²) in [6.07, 6.45) is 0.528. The van der Waals surface area contributed by atoms with Crippen LogP contribution in [0.2, 0.25) is 0 Å². The number of nitrogens with zero attached hydrogens (tertiary/aromatic N) is 2. The summed E-state index contributed by atoms with van der Waals surface area (Å²) in [5, 5.41) is 7.37. The summed E-state index contributed by atoms with van der Waals surface area (Å²) in [7, 11) is 0. The number of anilines is 1. The van der Waals surface area contributed by atoms with Gasteiger partial charge in [0.05, 0.1) is 0 Å². The number of fused-ring (bicyclic) bond motifs is 1. The van der Waals surface area contributed by atoms with Crippen molar-refractivity contribution < 1.29 is 9.59 Å². The van der Waals surface area contributed by atoms with Crippen LogP contribution in [0.3, 0.4) is 0 Å². The van der Waals surface area contributed by atoms with E-state index >= 15 is 0 Å². The summed E-state index contributed by atoms with van der Waals surface area (Å²) in [6, 6.07) is 8.15. The van der Waals surface area contributed by atoms with Crippen LogP contribution in [0, 0.1) is 6.92 Å². The zero-order chi connectivity index (χ0) is 18.7. The van der Waals surface area contributed by atoms with Gasteiger partial charge in [0, 0.05) is 54.0 Å².